The van der Waals surface area contributed by atoms with Gasteiger partial charge in [0.25, 0.3) is 5.91 Å². The number of rotatable bonds is 7. The van der Waals surface area contributed by atoms with Crippen LogP contribution >= 0.6 is 0 Å². The molecular formula is C28H35N3O3. The van der Waals surface area contributed by atoms with Gasteiger partial charge in [-0.3, -0.25) is 14.4 Å². The molecule has 3 amide bonds. The first-order chi connectivity index (χ1) is 16.3. The molecule has 1 aliphatic carbocycles. The van der Waals surface area contributed by atoms with Gasteiger partial charge in [0.1, 0.15) is 12.1 Å². The maximum absolute atomic E-state index is 14.0. The van der Waals surface area contributed by atoms with Crippen LogP contribution in [0.4, 0.5) is 0 Å². The SMILES string of the molecule is CCC(CC)[C@@H]1C(=O)N[C@H](C2Cc3ccccc3C2)C(=O)N1Cc1ccccc1C(=O)N(C)C. The van der Waals surface area contributed by atoms with Crippen molar-refractivity contribution in [1.82, 2.24) is 15.1 Å². The van der Waals surface area contributed by atoms with Crippen molar-refractivity contribution < 1.29 is 14.4 Å². The van der Waals surface area contributed by atoms with Crippen LogP contribution in [-0.4, -0.2) is 53.7 Å². The normalized spacial score (nSPS) is 20.4. The van der Waals surface area contributed by atoms with Gasteiger partial charge in [0.2, 0.25) is 11.8 Å². The molecule has 2 atom stereocenters. The molecule has 1 aliphatic heterocycles. The number of hydrogen-bond acceptors (Lipinski definition) is 3. The minimum absolute atomic E-state index is 0.0395. The number of fused-ring (bicyclic) bond motifs is 1. The summed E-state index contributed by atoms with van der Waals surface area (Å²) in [5, 5.41) is 3.11. The molecule has 2 aliphatic rings. The Kier molecular flexibility index (Phi) is 7.05. The Hall–Kier alpha value is -3.15. The van der Waals surface area contributed by atoms with Gasteiger partial charge in [-0.2, -0.15) is 0 Å². The maximum atomic E-state index is 14.0. The molecule has 1 N–H and O–H groups in total. The zero-order valence-corrected chi connectivity index (χ0v) is 20.6. The molecular weight excluding hydrogens is 426 g/mol. The second kappa shape index (κ2) is 10.00. The molecule has 1 fully saturated rings. The van der Waals surface area contributed by atoms with Crippen molar-refractivity contribution in [3.8, 4) is 0 Å². The van der Waals surface area contributed by atoms with Crippen molar-refractivity contribution in [2.75, 3.05) is 14.1 Å². The Bertz CT molecular complexity index is 1050. The molecule has 1 heterocycles. The van der Waals surface area contributed by atoms with Crippen molar-refractivity contribution in [2.45, 2.75) is 58.2 Å². The zero-order valence-electron chi connectivity index (χ0n) is 20.6. The third kappa shape index (κ3) is 4.46. The predicted octanol–water partition coefficient (Wildman–Crippen LogP) is 3.44. The fraction of sp³-hybridized carbons (Fsp3) is 0.464. The Balaban J connectivity index is 1.68. The Morgan fingerprint density at radius 1 is 1.00 bits per heavy atom. The fourth-order valence-electron chi connectivity index (χ4n) is 5.58. The van der Waals surface area contributed by atoms with Gasteiger partial charge in [0, 0.05) is 26.2 Å². The van der Waals surface area contributed by atoms with Crippen LogP contribution in [0.25, 0.3) is 0 Å². The van der Waals surface area contributed by atoms with E-state index in [1.54, 1.807) is 30.0 Å². The summed E-state index contributed by atoms with van der Waals surface area (Å²) in [5.74, 6) is -0.126. The molecule has 0 spiro atoms. The van der Waals surface area contributed by atoms with E-state index in [1.165, 1.54) is 11.1 Å². The van der Waals surface area contributed by atoms with Crippen LogP contribution in [-0.2, 0) is 29.0 Å². The fourth-order valence-corrected chi connectivity index (χ4v) is 5.58. The summed E-state index contributed by atoms with van der Waals surface area (Å²) in [4.78, 5) is 43.6. The van der Waals surface area contributed by atoms with E-state index in [4.69, 9.17) is 0 Å². The average Bonchev–Trinajstić information content (AvgIpc) is 3.27. The topological polar surface area (TPSA) is 69.7 Å². The van der Waals surface area contributed by atoms with Crippen molar-refractivity contribution in [3.05, 3.63) is 70.8 Å². The highest BCUT2D eigenvalue weighted by Crippen LogP contribution is 2.33. The number of nitrogens with zero attached hydrogens (tertiary/aromatic N) is 2. The number of benzene rings is 2. The van der Waals surface area contributed by atoms with E-state index < -0.39 is 12.1 Å². The smallest absolute Gasteiger partial charge is 0.253 e. The largest absolute Gasteiger partial charge is 0.345 e. The molecule has 6 nitrogen and oxygen atoms in total. The minimum atomic E-state index is -0.553. The molecule has 0 bridgehead atoms. The van der Waals surface area contributed by atoms with Gasteiger partial charge >= 0.3 is 0 Å². The standard InChI is InChI=1S/C28H35N3O3/c1-5-18(6-2)25-26(32)29-24(22-15-19-11-7-8-12-20(19)16-22)28(34)31(25)17-21-13-9-10-14-23(21)27(33)30(3)4/h7-14,18,22,24-25H,5-6,15-17H2,1-4H3,(H,29,32)/t24-,25-/m1/s1. The van der Waals surface area contributed by atoms with E-state index in [9.17, 15) is 14.4 Å². The molecule has 4 rings (SSSR count). The number of carbonyl (C=O) groups excluding carboxylic acids is 3. The van der Waals surface area contributed by atoms with Gasteiger partial charge in [-0.05, 0) is 47.4 Å². The first-order valence-electron chi connectivity index (χ1n) is 12.3. The number of amides is 3. The monoisotopic (exact) mass is 461 g/mol. The van der Waals surface area contributed by atoms with Crippen molar-refractivity contribution in [3.63, 3.8) is 0 Å². The molecule has 180 valence electrons. The van der Waals surface area contributed by atoms with Crippen LogP contribution < -0.4 is 5.32 Å². The van der Waals surface area contributed by atoms with Crippen LogP contribution in [0.5, 0.6) is 0 Å². The van der Waals surface area contributed by atoms with E-state index in [0.717, 1.165) is 31.2 Å². The summed E-state index contributed by atoms with van der Waals surface area (Å²) in [6.07, 6.45) is 3.17. The van der Waals surface area contributed by atoms with Crippen LogP contribution in [0.2, 0.25) is 0 Å². The van der Waals surface area contributed by atoms with Gasteiger partial charge in [0.15, 0.2) is 0 Å². The molecule has 6 heteroatoms. The lowest BCUT2D eigenvalue weighted by Crippen LogP contribution is -2.66. The molecule has 0 saturated carbocycles. The van der Waals surface area contributed by atoms with Gasteiger partial charge < -0.3 is 15.1 Å². The molecule has 0 radical (unpaired) electrons. The van der Waals surface area contributed by atoms with Gasteiger partial charge in [-0.25, -0.2) is 0 Å². The van der Waals surface area contributed by atoms with Crippen LogP contribution in [0.15, 0.2) is 48.5 Å². The first kappa shape index (κ1) is 24.0. The van der Waals surface area contributed by atoms with E-state index in [-0.39, 0.29) is 36.1 Å². The lowest BCUT2D eigenvalue weighted by molar-refractivity contribution is -0.154. The third-order valence-corrected chi connectivity index (χ3v) is 7.50. The highest BCUT2D eigenvalue weighted by molar-refractivity contribution is 5.98. The number of nitrogens with one attached hydrogen (secondary N) is 1. The lowest BCUT2D eigenvalue weighted by atomic mass is 9.85. The Morgan fingerprint density at radius 3 is 2.18 bits per heavy atom. The molecule has 0 unspecified atom stereocenters. The van der Waals surface area contributed by atoms with Crippen LogP contribution in [0, 0.1) is 11.8 Å². The minimum Gasteiger partial charge on any atom is -0.345 e. The summed E-state index contributed by atoms with van der Waals surface area (Å²) in [6.45, 7) is 4.37. The first-order valence-corrected chi connectivity index (χ1v) is 12.3. The number of carbonyl (C=O) groups is 3. The Labute approximate surface area is 202 Å². The maximum Gasteiger partial charge on any atom is 0.253 e. The second-order valence-corrected chi connectivity index (χ2v) is 9.77. The van der Waals surface area contributed by atoms with Crippen molar-refractivity contribution in [2.24, 2.45) is 11.8 Å². The van der Waals surface area contributed by atoms with E-state index in [1.807, 2.05) is 30.3 Å². The van der Waals surface area contributed by atoms with Gasteiger partial charge in [-0.1, -0.05) is 69.2 Å². The molecule has 2 aromatic rings. The third-order valence-electron chi connectivity index (χ3n) is 7.50. The van der Waals surface area contributed by atoms with Gasteiger partial charge in [0.05, 0.1) is 0 Å². The summed E-state index contributed by atoms with van der Waals surface area (Å²) in [5.41, 5.74) is 3.85. The van der Waals surface area contributed by atoms with E-state index in [0.29, 0.717) is 5.56 Å². The van der Waals surface area contributed by atoms with E-state index in [2.05, 4.69) is 31.3 Å². The highest BCUT2D eigenvalue weighted by atomic mass is 16.2. The van der Waals surface area contributed by atoms with Crippen molar-refractivity contribution >= 4 is 17.7 Å². The molecule has 34 heavy (non-hydrogen) atoms. The average molecular weight is 462 g/mol. The quantitative estimate of drug-likeness (QED) is 0.687. The van der Waals surface area contributed by atoms with Crippen LogP contribution in [0.3, 0.4) is 0 Å². The van der Waals surface area contributed by atoms with Crippen molar-refractivity contribution in [1.29, 1.82) is 0 Å². The number of piperazine rings is 1. The van der Waals surface area contributed by atoms with Crippen LogP contribution in [0.1, 0.15) is 53.7 Å². The molecule has 2 aromatic carbocycles. The summed E-state index contributed by atoms with van der Waals surface area (Å²) < 4.78 is 0. The predicted molar refractivity (Wildman–Crippen MR) is 132 cm³/mol. The highest BCUT2D eigenvalue weighted by Gasteiger charge is 2.47. The summed E-state index contributed by atoms with van der Waals surface area (Å²) >= 11 is 0. The molecule has 0 aromatic heterocycles. The lowest BCUT2D eigenvalue weighted by Gasteiger charge is -2.44. The summed E-state index contributed by atoms with van der Waals surface area (Å²) in [6, 6.07) is 14.6. The second-order valence-electron chi connectivity index (χ2n) is 9.77. The zero-order chi connectivity index (χ0) is 24.4. The van der Waals surface area contributed by atoms with E-state index >= 15 is 0 Å². The Morgan fingerprint density at radius 2 is 1.59 bits per heavy atom. The molecule has 1 saturated heterocycles. The number of hydrogen-bond donors (Lipinski definition) is 1. The van der Waals surface area contributed by atoms with Gasteiger partial charge in [-0.15, -0.1) is 0 Å². The summed E-state index contributed by atoms with van der Waals surface area (Å²) in [7, 11) is 3.44.